The molecule has 0 amide bonds. The standard InChI is InChI=1S/C28H29O4P/c1-4-5-11-23-14-17-26(18-15-23)30-33(29,32-28-21(2)9-8-10-22(28)3)31-27-19-16-24-12-6-7-13-25(24)20-27/h6-10,12-20H,4-5,11H2,1-3H3. The molecular formula is C28H29O4P. The van der Waals surface area contributed by atoms with Crippen molar-refractivity contribution >= 4 is 18.6 Å². The molecule has 0 aliphatic rings. The number of para-hydroxylation sites is 1. The molecule has 1 unspecified atom stereocenters. The van der Waals surface area contributed by atoms with Crippen molar-refractivity contribution in [1.29, 1.82) is 0 Å². The highest BCUT2D eigenvalue weighted by molar-refractivity contribution is 7.49. The van der Waals surface area contributed by atoms with E-state index in [0.717, 1.165) is 41.2 Å². The average Bonchev–Trinajstić information content (AvgIpc) is 2.81. The third-order valence-electron chi connectivity index (χ3n) is 5.51. The Bertz CT molecular complexity index is 1260. The fourth-order valence-electron chi connectivity index (χ4n) is 3.69. The predicted octanol–water partition coefficient (Wildman–Crippen LogP) is 8.44. The van der Waals surface area contributed by atoms with Crippen molar-refractivity contribution in [2.24, 2.45) is 0 Å². The van der Waals surface area contributed by atoms with E-state index in [2.05, 4.69) is 6.92 Å². The van der Waals surface area contributed by atoms with Crippen LogP contribution in [0.25, 0.3) is 10.8 Å². The van der Waals surface area contributed by atoms with Gasteiger partial charge in [-0.15, -0.1) is 0 Å². The Morgan fingerprint density at radius 2 is 1.33 bits per heavy atom. The van der Waals surface area contributed by atoms with Crippen molar-refractivity contribution in [3.05, 3.63) is 102 Å². The second kappa shape index (κ2) is 10.1. The summed E-state index contributed by atoms with van der Waals surface area (Å²) in [5, 5.41) is 2.05. The van der Waals surface area contributed by atoms with Crippen molar-refractivity contribution in [1.82, 2.24) is 0 Å². The van der Waals surface area contributed by atoms with Gasteiger partial charge in [-0.05, 0) is 78.4 Å². The number of fused-ring (bicyclic) bond motifs is 1. The first-order valence-corrected chi connectivity index (χ1v) is 12.7. The van der Waals surface area contributed by atoms with Gasteiger partial charge in [0.15, 0.2) is 0 Å². The maximum Gasteiger partial charge on any atom is 0.647 e. The highest BCUT2D eigenvalue weighted by Crippen LogP contribution is 2.51. The molecule has 0 saturated heterocycles. The molecular weight excluding hydrogens is 431 g/mol. The quantitative estimate of drug-likeness (QED) is 0.235. The molecule has 4 aromatic carbocycles. The van der Waals surface area contributed by atoms with Gasteiger partial charge in [0.25, 0.3) is 0 Å². The van der Waals surface area contributed by atoms with Gasteiger partial charge >= 0.3 is 7.82 Å². The molecule has 0 spiro atoms. The third kappa shape index (κ3) is 5.77. The second-order valence-corrected chi connectivity index (χ2v) is 9.64. The van der Waals surface area contributed by atoms with E-state index in [1.54, 1.807) is 6.07 Å². The van der Waals surface area contributed by atoms with Gasteiger partial charge in [-0.2, -0.15) is 4.57 Å². The molecule has 0 bridgehead atoms. The molecule has 5 heteroatoms. The molecule has 0 fully saturated rings. The summed E-state index contributed by atoms with van der Waals surface area (Å²) >= 11 is 0. The lowest BCUT2D eigenvalue weighted by Gasteiger charge is -2.21. The Labute approximate surface area is 195 Å². The van der Waals surface area contributed by atoms with E-state index >= 15 is 0 Å². The Balaban J connectivity index is 1.65. The van der Waals surface area contributed by atoms with Crippen molar-refractivity contribution in [3.63, 3.8) is 0 Å². The number of phosphoric ester groups is 1. The molecule has 0 aromatic heterocycles. The van der Waals surface area contributed by atoms with Gasteiger partial charge < -0.3 is 13.6 Å². The molecule has 0 aliphatic heterocycles. The summed E-state index contributed by atoms with van der Waals surface area (Å²) < 4.78 is 31.8. The zero-order valence-electron chi connectivity index (χ0n) is 19.3. The number of hydrogen-bond acceptors (Lipinski definition) is 4. The van der Waals surface area contributed by atoms with Crippen LogP contribution in [0, 0.1) is 13.8 Å². The van der Waals surface area contributed by atoms with Crippen LogP contribution in [0.5, 0.6) is 17.2 Å². The monoisotopic (exact) mass is 460 g/mol. The summed E-state index contributed by atoms with van der Waals surface area (Å²) in [7, 11) is -4.05. The van der Waals surface area contributed by atoms with Crippen molar-refractivity contribution in [2.75, 3.05) is 0 Å². The van der Waals surface area contributed by atoms with Gasteiger partial charge in [0, 0.05) is 0 Å². The van der Waals surface area contributed by atoms with Crippen LogP contribution in [0.3, 0.4) is 0 Å². The van der Waals surface area contributed by atoms with E-state index in [4.69, 9.17) is 13.6 Å². The molecule has 4 rings (SSSR count). The summed E-state index contributed by atoms with van der Waals surface area (Å²) in [5.74, 6) is 1.36. The van der Waals surface area contributed by atoms with E-state index in [-0.39, 0.29) is 0 Å². The fraction of sp³-hybridized carbons (Fsp3) is 0.214. The summed E-state index contributed by atoms with van der Waals surface area (Å²) in [6.07, 6.45) is 3.26. The lowest BCUT2D eigenvalue weighted by molar-refractivity contribution is 0.297. The van der Waals surface area contributed by atoms with E-state index in [1.807, 2.05) is 92.7 Å². The Morgan fingerprint density at radius 1 is 0.697 bits per heavy atom. The van der Waals surface area contributed by atoms with Crippen LogP contribution >= 0.6 is 7.82 Å². The number of benzene rings is 4. The molecule has 170 valence electrons. The number of aryl methyl sites for hydroxylation is 3. The van der Waals surface area contributed by atoms with Gasteiger partial charge in [-0.25, -0.2) is 0 Å². The lowest BCUT2D eigenvalue weighted by atomic mass is 10.1. The second-order valence-electron chi connectivity index (χ2n) is 8.20. The molecule has 1 atom stereocenters. The molecule has 4 nitrogen and oxygen atoms in total. The SMILES string of the molecule is CCCCc1ccc(OP(=O)(Oc2ccc3ccccc3c2)Oc2c(C)cccc2C)cc1. The third-order valence-corrected chi connectivity index (χ3v) is 6.78. The van der Waals surface area contributed by atoms with Crippen LogP contribution in [-0.4, -0.2) is 0 Å². The summed E-state index contributed by atoms with van der Waals surface area (Å²) in [4.78, 5) is 0. The van der Waals surface area contributed by atoms with E-state index in [0.29, 0.717) is 17.2 Å². The highest BCUT2D eigenvalue weighted by atomic mass is 31.2. The van der Waals surface area contributed by atoms with Gasteiger partial charge in [-0.3, -0.25) is 0 Å². The summed E-state index contributed by atoms with van der Waals surface area (Å²) in [5.41, 5.74) is 2.93. The van der Waals surface area contributed by atoms with Crippen molar-refractivity contribution in [2.45, 2.75) is 40.0 Å². The minimum absolute atomic E-state index is 0.419. The number of hydrogen-bond donors (Lipinski definition) is 0. The van der Waals surface area contributed by atoms with Gasteiger partial charge in [-0.1, -0.05) is 74.0 Å². The highest BCUT2D eigenvalue weighted by Gasteiger charge is 2.34. The van der Waals surface area contributed by atoms with Crippen LogP contribution in [0.15, 0.2) is 84.9 Å². The normalized spacial score (nSPS) is 12.8. The predicted molar refractivity (Wildman–Crippen MR) is 134 cm³/mol. The summed E-state index contributed by atoms with van der Waals surface area (Å²) in [6.45, 7) is 5.99. The Morgan fingerprint density at radius 3 is 2.03 bits per heavy atom. The zero-order chi connectivity index (χ0) is 23.3. The molecule has 0 N–H and O–H groups in total. The zero-order valence-corrected chi connectivity index (χ0v) is 20.2. The minimum atomic E-state index is -4.05. The molecule has 33 heavy (non-hydrogen) atoms. The van der Waals surface area contributed by atoms with Crippen LogP contribution < -0.4 is 13.6 Å². The smallest absolute Gasteiger partial charge is 0.386 e. The maximum absolute atomic E-state index is 14.0. The van der Waals surface area contributed by atoms with Crippen LogP contribution in [-0.2, 0) is 11.0 Å². The first-order chi connectivity index (χ1) is 16.0. The topological polar surface area (TPSA) is 44.8 Å². The molecule has 0 saturated carbocycles. The van der Waals surface area contributed by atoms with E-state index in [9.17, 15) is 4.57 Å². The maximum atomic E-state index is 14.0. The molecule has 0 aliphatic carbocycles. The van der Waals surface area contributed by atoms with Crippen molar-refractivity contribution in [3.8, 4) is 17.2 Å². The Hall–Kier alpha value is -3.23. The number of phosphoric acid groups is 1. The average molecular weight is 461 g/mol. The lowest BCUT2D eigenvalue weighted by Crippen LogP contribution is -2.09. The van der Waals surface area contributed by atoms with Gasteiger partial charge in [0.05, 0.1) is 0 Å². The van der Waals surface area contributed by atoms with E-state index < -0.39 is 7.82 Å². The Kier molecular flexibility index (Phi) is 7.05. The minimum Gasteiger partial charge on any atom is -0.386 e. The fourth-order valence-corrected chi connectivity index (χ4v) is 5.07. The number of rotatable bonds is 9. The van der Waals surface area contributed by atoms with Crippen LogP contribution in [0.4, 0.5) is 0 Å². The first-order valence-electron chi connectivity index (χ1n) is 11.3. The molecule has 4 aromatic rings. The largest absolute Gasteiger partial charge is 0.647 e. The molecule has 0 radical (unpaired) electrons. The van der Waals surface area contributed by atoms with Crippen LogP contribution in [0.2, 0.25) is 0 Å². The van der Waals surface area contributed by atoms with Gasteiger partial charge in [0.2, 0.25) is 0 Å². The van der Waals surface area contributed by atoms with Crippen LogP contribution in [0.1, 0.15) is 36.5 Å². The first kappa shape index (κ1) is 22.9. The van der Waals surface area contributed by atoms with E-state index in [1.165, 1.54) is 5.56 Å². The molecule has 0 heterocycles. The van der Waals surface area contributed by atoms with Crippen molar-refractivity contribution < 1.29 is 18.1 Å². The van der Waals surface area contributed by atoms with Gasteiger partial charge in [0.1, 0.15) is 17.2 Å². The summed E-state index contributed by atoms with van der Waals surface area (Å²) in [6, 6.07) is 26.8. The number of unbranched alkanes of at least 4 members (excludes halogenated alkanes) is 1.